The van der Waals surface area contributed by atoms with E-state index in [2.05, 4.69) is 19.9 Å². The predicted octanol–water partition coefficient (Wildman–Crippen LogP) is 4.01. The number of fused-ring (bicyclic) bond motifs is 1. The Hall–Kier alpha value is -4.14. The van der Waals surface area contributed by atoms with Gasteiger partial charge in [-0.3, -0.25) is 4.79 Å². The Balaban J connectivity index is 1.70. The molecule has 170 valence electrons. The van der Waals surface area contributed by atoms with Crippen LogP contribution in [0.1, 0.15) is 26.7 Å². The van der Waals surface area contributed by atoms with Crippen LogP contribution in [0, 0.1) is 0 Å². The number of ether oxygens (including phenoxy) is 2. The molecule has 33 heavy (non-hydrogen) atoms. The van der Waals surface area contributed by atoms with Crippen molar-refractivity contribution in [2.24, 2.45) is 0 Å². The molecular weight excluding hydrogens is 424 g/mol. The number of rotatable bonds is 9. The van der Waals surface area contributed by atoms with Gasteiger partial charge in [0.2, 0.25) is 0 Å². The minimum Gasteiger partial charge on any atom is -0.493 e. The number of carbonyl (C=O) groups is 1. The third-order valence-electron chi connectivity index (χ3n) is 5.10. The summed E-state index contributed by atoms with van der Waals surface area (Å²) < 4.78 is 11.6. The van der Waals surface area contributed by atoms with Gasteiger partial charge in [-0.25, -0.2) is 14.8 Å². The van der Waals surface area contributed by atoms with Crippen LogP contribution >= 0.6 is 0 Å². The van der Waals surface area contributed by atoms with E-state index in [-0.39, 0.29) is 5.56 Å². The summed E-state index contributed by atoms with van der Waals surface area (Å²) in [5, 5.41) is 9.38. The summed E-state index contributed by atoms with van der Waals surface area (Å²) in [6, 6.07) is 12.8. The normalized spacial score (nSPS) is 11.9. The van der Waals surface area contributed by atoms with E-state index < -0.39 is 12.1 Å². The second-order valence-corrected chi connectivity index (χ2v) is 7.42. The average Bonchev–Trinajstić information content (AvgIpc) is 3.28. The van der Waals surface area contributed by atoms with E-state index in [1.165, 1.54) is 6.33 Å². The molecule has 0 bridgehead atoms. The minimum atomic E-state index is -0.986. The fourth-order valence-electron chi connectivity index (χ4n) is 3.55. The van der Waals surface area contributed by atoms with Gasteiger partial charge in [-0.15, -0.1) is 0 Å². The van der Waals surface area contributed by atoms with Crippen molar-refractivity contribution in [3.05, 3.63) is 59.1 Å². The highest BCUT2D eigenvalue weighted by Crippen LogP contribution is 2.34. The molecule has 9 heteroatoms. The molecule has 0 aliphatic heterocycles. The Kier molecular flexibility index (Phi) is 6.39. The summed E-state index contributed by atoms with van der Waals surface area (Å²) in [6.07, 6.45) is 1.66. The first-order chi connectivity index (χ1) is 16.0. The smallest absolute Gasteiger partial charge is 0.344 e. The van der Waals surface area contributed by atoms with Crippen LogP contribution in [0.15, 0.2) is 53.6 Å². The number of carboxylic acids is 1. The van der Waals surface area contributed by atoms with Gasteiger partial charge in [0.05, 0.1) is 18.5 Å². The molecule has 4 rings (SSSR count). The molecule has 1 atom stereocenters. The molecule has 2 aromatic carbocycles. The number of benzene rings is 2. The van der Waals surface area contributed by atoms with Crippen LogP contribution in [-0.4, -0.2) is 43.7 Å². The summed E-state index contributed by atoms with van der Waals surface area (Å²) in [6.45, 7) is 4.21. The van der Waals surface area contributed by atoms with E-state index in [1.807, 2.05) is 44.2 Å². The van der Waals surface area contributed by atoms with Crippen molar-refractivity contribution in [1.82, 2.24) is 19.9 Å². The zero-order valence-electron chi connectivity index (χ0n) is 18.3. The lowest BCUT2D eigenvalue weighted by molar-refractivity contribution is -0.145. The van der Waals surface area contributed by atoms with E-state index in [0.717, 1.165) is 11.1 Å². The molecule has 0 fully saturated rings. The van der Waals surface area contributed by atoms with Crippen molar-refractivity contribution in [3.63, 3.8) is 0 Å². The van der Waals surface area contributed by atoms with Crippen molar-refractivity contribution in [2.75, 3.05) is 6.61 Å². The molecule has 0 aliphatic rings. The summed E-state index contributed by atoms with van der Waals surface area (Å²) in [4.78, 5) is 37.9. The van der Waals surface area contributed by atoms with Crippen molar-refractivity contribution < 1.29 is 19.4 Å². The third kappa shape index (κ3) is 4.72. The fourth-order valence-corrected chi connectivity index (χ4v) is 3.55. The molecule has 2 heterocycles. The van der Waals surface area contributed by atoms with Gasteiger partial charge in [-0.1, -0.05) is 31.5 Å². The van der Waals surface area contributed by atoms with E-state index in [1.54, 1.807) is 12.1 Å². The SMILES string of the molecule is CCCC(Oc1cccc(-c2ccc(-c3nc4nc[nH]c4c(=O)[nH]3)c(OCC)c2)c1)C(=O)O. The number of nitrogens with zero attached hydrogens (tertiary/aromatic N) is 2. The minimum absolute atomic E-state index is 0.313. The van der Waals surface area contributed by atoms with Crippen LogP contribution < -0.4 is 15.0 Å². The van der Waals surface area contributed by atoms with E-state index >= 15 is 0 Å². The third-order valence-corrected chi connectivity index (χ3v) is 5.10. The van der Waals surface area contributed by atoms with Crippen molar-refractivity contribution >= 4 is 17.1 Å². The maximum Gasteiger partial charge on any atom is 0.344 e. The lowest BCUT2D eigenvalue weighted by atomic mass is 10.0. The summed E-state index contributed by atoms with van der Waals surface area (Å²) in [5.41, 5.74) is 2.63. The molecule has 0 saturated carbocycles. The predicted molar refractivity (Wildman–Crippen MR) is 124 cm³/mol. The summed E-state index contributed by atoms with van der Waals surface area (Å²) >= 11 is 0. The van der Waals surface area contributed by atoms with E-state index in [0.29, 0.717) is 53.5 Å². The standard InChI is InChI=1S/C24H24N4O5/c1-3-6-18(24(30)31)33-16-8-5-7-14(11-16)15-9-10-17(19(12-15)32-4-2)21-27-22-20(23(29)28-21)25-13-26-22/h5,7-13,18H,3-4,6H2,1-2H3,(H,30,31)(H2,25,26,27,28,29). The number of hydrogen-bond acceptors (Lipinski definition) is 6. The molecular formula is C24H24N4O5. The second-order valence-electron chi connectivity index (χ2n) is 7.42. The monoisotopic (exact) mass is 448 g/mol. The van der Waals surface area contributed by atoms with Crippen LogP contribution in [-0.2, 0) is 4.79 Å². The van der Waals surface area contributed by atoms with Gasteiger partial charge in [-0.05, 0) is 48.7 Å². The number of aromatic nitrogens is 4. The van der Waals surface area contributed by atoms with E-state index in [4.69, 9.17) is 9.47 Å². The Labute approximate surface area is 189 Å². The highest BCUT2D eigenvalue weighted by molar-refractivity contribution is 5.77. The number of aromatic amines is 2. The van der Waals surface area contributed by atoms with Gasteiger partial charge in [0.1, 0.15) is 17.3 Å². The Bertz CT molecular complexity index is 1340. The van der Waals surface area contributed by atoms with Crippen LogP contribution in [0.2, 0.25) is 0 Å². The Morgan fingerprint density at radius 1 is 1.15 bits per heavy atom. The van der Waals surface area contributed by atoms with Crippen LogP contribution in [0.3, 0.4) is 0 Å². The van der Waals surface area contributed by atoms with Crippen molar-refractivity contribution in [2.45, 2.75) is 32.8 Å². The van der Waals surface area contributed by atoms with Crippen LogP contribution in [0.5, 0.6) is 11.5 Å². The highest BCUT2D eigenvalue weighted by atomic mass is 16.5. The molecule has 0 saturated heterocycles. The number of H-pyrrole nitrogens is 2. The fraction of sp³-hybridized carbons (Fsp3) is 0.250. The van der Waals surface area contributed by atoms with Crippen molar-refractivity contribution in [3.8, 4) is 34.0 Å². The quantitative estimate of drug-likeness (QED) is 0.353. The van der Waals surface area contributed by atoms with Crippen LogP contribution in [0.25, 0.3) is 33.7 Å². The number of carboxylic acid groups (broad SMARTS) is 1. The summed E-state index contributed by atoms with van der Waals surface area (Å²) in [5.74, 6) is 0.398. The number of aliphatic carboxylic acids is 1. The van der Waals surface area contributed by atoms with Gasteiger partial charge >= 0.3 is 5.97 Å². The molecule has 4 aromatic rings. The lowest BCUT2D eigenvalue weighted by Crippen LogP contribution is -2.26. The van der Waals surface area contributed by atoms with Gasteiger partial charge < -0.3 is 24.5 Å². The molecule has 2 aromatic heterocycles. The molecule has 0 spiro atoms. The summed E-state index contributed by atoms with van der Waals surface area (Å²) in [7, 11) is 0. The van der Waals surface area contributed by atoms with Gasteiger partial charge in [0, 0.05) is 0 Å². The molecule has 0 amide bonds. The number of hydrogen-bond donors (Lipinski definition) is 3. The molecule has 0 aliphatic carbocycles. The number of imidazole rings is 1. The van der Waals surface area contributed by atoms with Gasteiger partial charge in [-0.2, -0.15) is 0 Å². The first-order valence-electron chi connectivity index (χ1n) is 10.7. The molecule has 1 unspecified atom stereocenters. The maximum absolute atomic E-state index is 12.3. The van der Waals surface area contributed by atoms with Gasteiger partial charge in [0.15, 0.2) is 17.3 Å². The zero-order valence-corrected chi connectivity index (χ0v) is 18.3. The van der Waals surface area contributed by atoms with Crippen LogP contribution in [0.4, 0.5) is 0 Å². The molecule has 3 N–H and O–H groups in total. The second kappa shape index (κ2) is 9.56. The average molecular weight is 448 g/mol. The highest BCUT2D eigenvalue weighted by Gasteiger charge is 2.19. The topological polar surface area (TPSA) is 130 Å². The molecule has 0 radical (unpaired) electrons. The maximum atomic E-state index is 12.3. The zero-order chi connectivity index (χ0) is 23.4. The molecule has 9 nitrogen and oxygen atoms in total. The first kappa shape index (κ1) is 22.1. The lowest BCUT2D eigenvalue weighted by Gasteiger charge is -2.16. The van der Waals surface area contributed by atoms with E-state index in [9.17, 15) is 14.7 Å². The first-order valence-corrected chi connectivity index (χ1v) is 10.7. The van der Waals surface area contributed by atoms with Gasteiger partial charge in [0.25, 0.3) is 5.56 Å². The Morgan fingerprint density at radius 3 is 2.73 bits per heavy atom. The largest absolute Gasteiger partial charge is 0.493 e. The van der Waals surface area contributed by atoms with Crippen molar-refractivity contribution in [1.29, 1.82) is 0 Å². The Morgan fingerprint density at radius 2 is 1.97 bits per heavy atom. The number of nitrogens with one attached hydrogen (secondary N) is 2.